The van der Waals surface area contributed by atoms with E-state index >= 15 is 0 Å². The summed E-state index contributed by atoms with van der Waals surface area (Å²) in [6, 6.07) is 0. The molecule has 3 aromatic rings. The third-order valence-corrected chi connectivity index (χ3v) is 3.80. The predicted molar refractivity (Wildman–Crippen MR) is 68.2 cm³/mol. The van der Waals surface area contributed by atoms with Gasteiger partial charge in [0.1, 0.15) is 10.2 Å². The molecule has 0 atom stereocenters. The molecule has 8 heteroatoms. The van der Waals surface area contributed by atoms with E-state index in [0.29, 0.717) is 15.0 Å². The summed E-state index contributed by atoms with van der Waals surface area (Å²) >= 11 is 1.21. The van der Waals surface area contributed by atoms with Crippen LogP contribution in [0.25, 0.3) is 20.4 Å². The van der Waals surface area contributed by atoms with Gasteiger partial charge in [0.25, 0.3) is 5.56 Å². The summed E-state index contributed by atoms with van der Waals surface area (Å²) < 4.78 is 3.02. The SMILES string of the molecule is Cn1cc2sc3nc(=O)n(C)c(=O)c3c2[nH]c1=O. The number of nitrogens with zero attached hydrogens (tertiary/aromatic N) is 3. The van der Waals surface area contributed by atoms with E-state index in [2.05, 4.69) is 9.97 Å². The van der Waals surface area contributed by atoms with E-state index in [-0.39, 0.29) is 11.1 Å². The second-order valence-corrected chi connectivity index (χ2v) is 4.98. The number of nitrogens with one attached hydrogen (secondary N) is 1. The molecule has 0 saturated heterocycles. The molecule has 3 heterocycles. The van der Waals surface area contributed by atoms with Crippen LogP contribution in [0.2, 0.25) is 0 Å². The molecule has 0 saturated carbocycles. The predicted octanol–water partition coefficient (Wildman–Crippen LogP) is -0.465. The summed E-state index contributed by atoms with van der Waals surface area (Å²) in [5, 5.41) is 0.287. The second kappa shape index (κ2) is 3.39. The quantitative estimate of drug-likeness (QED) is 0.594. The van der Waals surface area contributed by atoms with Crippen LogP contribution in [0, 0.1) is 0 Å². The molecule has 0 spiro atoms. The Kier molecular flexibility index (Phi) is 2.05. The smallest absolute Gasteiger partial charge is 0.305 e. The average Bonchev–Trinajstić information content (AvgIpc) is 2.64. The normalized spacial score (nSPS) is 11.4. The van der Waals surface area contributed by atoms with Crippen molar-refractivity contribution in [3.8, 4) is 0 Å². The molecule has 0 fully saturated rings. The number of aromatic nitrogens is 4. The Morgan fingerprint density at radius 3 is 2.72 bits per heavy atom. The van der Waals surface area contributed by atoms with Gasteiger partial charge in [0.05, 0.1) is 10.2 Å². The first-order chi connectivity index (χ1) is 8.49. The van der Waals surface area contributed by atoms with Crippen molar-refractivity contribution in [1.82, 2.24) is 19.1 Å². The maximum atomic E-state index is 12.0. The van der Waals surface area contributed by atoms with E-state index in [1.54, 1.807) is 13.2 Å². The molecule has 3 aromatic heterocycles. The van der Waals surface area contributed by atoms with Crippen molar-refractivity contribution in [3.63, 3.8) is 0 Å². The maximum absolute atomic E-state index is 12.0. The highest BCUT2D eigenvalue weighted by Gasteiger charge is 2.14. The Labute approximate surface area is 103 Å². The first-order valence-electron chi connectivity index (χ1n) is 5.08. The van der Waals surface area contributed by atoms with Crippen LogP contribution in [0.5, 0.6) is 0 Å². The van der Waals surface area contributed by atoms with Gasteiger partial charge in [-0.3, -0.25) is 9.36 Å². The maximum Gasteiger partial charge on any atom is 0.351 e. The van der Waals surface area contributed by atoms with Crippen LogP contribution in [-0.4, -0.2) is 19.1 Å². The number of fused-ring (bicyclic) bond motifs is 3. The first-order valence-corrected chi connectivity index (χ1v) is 5.90. The lowest BCUT2D eigenvalue weighted by Crippen LogP contribution is -2.32. The minimum absolute atomic E-state index is 0.287. The summed E-state index contributed by atoms with van der Waals surface area (Å²) in [6.45, 7) is 0. The number of rotatable bonds is 0. The van der Waals surface area contributed by atoms with Crippen molar-refractivity contribution in [3.05, 3.63) is 37.5 Å². The number of hydrogen-bond donors (Lipinski definition) is 1. The lowest BCUT2D eigenvalue weighted by Gasteiger charge is -1.97. The van der Waals surface area contributed by atoms with Crippen molar-refractivity contribution in [2.75, 3.05) is 0 Å². The molecule has 0 unspecified atom stereocenters. The second-order valence-electron chi connectivity index (χ2n) is 3.95. The zero-order chi connectivity index (χ0) is 13.0. The molecule has 92 valence electrons. The summed E-state index contributed by atoms with van der Waals surface area (Å²) in [5.74, 6) is 0. The van der Waals surface area contributed by atoms with Crippen LogP contribution >= 0.6 is 11.3 Å². The Balaban J connectivity index is 2.71. The molecule has 7 nitrogen and oxygen atoms in total. The van der Waals surface area contributed by atoms with E-state index in [1.165, 1.54) is 23.0 Å². The molecule has 0 amide bonds. The van der Waals surface area contributed by atoms with Crippen molar-refractivity contribution in [1.29, 1.82) is 0 Å². The fraction of sp³-hybridized carbons (Fsp3) is 0.200. The van der Waals surface area contributed by atoms with Crippen LogP contribution < -0.4 is 16.9 Å². The molecule has 3 rings (SSSR count). The molecule has 0 radical (unpaired) electrons. The van der Waals surface area contributed by atoms with Gasteiger partial charge in [0.15, 0.2) is 0 Å². The molecule has 0 bridgehead atoms. The van der Waals surface area contributed by atoms with Crippen molar-refractivity contribution in [2.24, 2.45) is 14.1 Å². The van der Waals surface area contributed by atoms with Crippen LogP contribution in [0.15, 0.2) is 20.6 Å². The molecule has 1 N–H and O–H groups in total. The lowest BCUT2D eigenvalue weighted by atomic mass is 10.3. The minimum Gasteiger partial charge on any atom is -0.305 e. The highest BCUT2D eigenvalue weighted by Crippen LogP contribution is 2.26. The Morgan fingerprint density at radius 2 is 2.00 bits per heavy atom. The van der Waals surface area contributed by atoms with E-state index < -0.39 is 11.2 Å². The summed E-state index contributed by atoms with van der Waals surface area (Å²) in [6.07, 6.45) is 1.62. The zero-order valence-electron chi connectivity index (χ0n) is 9.55. The third kappa shape index (κ3) is 1.29. The zero-order valence-corrected chi connectivity index (χ0v) is 10.4. The van der Waals surface area contributed by atoms with Gasteiger partial charge in [-0.05, 0) is 0 Å². The highest BCUT2D eigenvalue weighted by atomic mass is 32.1. The number of aryl methyl sites for hydroxylation is 1. The monoisotopic (exact) mass is 264 g/mol. The minimum atomic E-state index is -0.592. The van der Waals surface area contributed by atoms with E-state index in [0.717, 1.165) is 4.57 Å². The topological polar surface area (TPSA) is 89.8 Å². The third-order valence-electron chi connectivity index (χ3n) is 2.78. The first kappa shape index (κ1) is 10.9. The molecular formula is C10H8N4O3S. The number of aromatic amines is 1. The van der Waals surface area contributed by atoms with Gasteiger partial charge in [-0.25, -0.2) is 9.59 Å². The Morgan fingerprint density at radius 1 is 1.28 bits per heavy atom. The van der Waals surface area contributed by atoms with E-state index in [4.69, 9.17) is 0 Å². The molecule has 0 aliphatic carbocycles. The fourth-order valence-electron chi connectivity index (χ4n) is 1.77. The summed E-state index contributed by atoms with van der Waals surface area (Å²) in [5.41, 5.74) is -0.923. The van der Waals surface area contributed by atoms with Crippen LogP contribution in [0.4, 0.5) is 0 Å². The van der Waals surface area contributed by atoms with Gasteiger partial charge in [-0.15, -0.1) is 11.3 Å². The van der Waals surface area contributed by atoms with Crippen LogP contribution in [0.1, 0.15) is 0 Å². The average molecular weight is 264 g/mol. The number of H-pyrrole nitrogens is 1. The van der Waals surface area contributed by atoms with E-state index in [9.17, 15) is 14.4 Å². The van der Waals surface area contributed by atoms with Gasteiger partial charge < -0.3 is 9.55 Å². The molecule has 18 heavy (non-hydrogen) atoms. The molecule has 0 aliphatic rings. The van der Waals surface area contributed by atoms with Gasteiger partial charge in [-0.1, -0.05) is 0 Å². The van der Waals surface area contributed by atoms with Gasteiger partial charge >= 0.3 is 11.4 Å². The number of hydrogen-bond acceptors (Lipinski definition) is 5. The van der Waals surface area contributed by atoms with Crippen LogP contribution in [-0.2, 0) is 14.1 Å². The van der Waals surface area contributed by atoms with Crippen LogP contribution in [0.3, 0.4) is 0 Å². The highest BCUT2D eigenvalue weighted by molar-refractivity contribution is 7.25. The molecule has 0 aliphatic heterocycles. The Bertz CT molecular complexity index is 959. The van der Waals surface area contributed by atoms with Crippen molar-refractivity contribution >= 4 is 31.8 Å². The molecule has 0 aromatic carbocycles. The van der Waals surface area contributed by atoms with Crippen molar-refractivity contribution in [2.45, 2.75) is 0 Å². The van der Waals surface area contributed by atoms with Crippen molar-refractivity contribution < 1.29 is 0 Å². The number of thiophene rings is 1. The lowest BCUT2D eigenvalue weighted by molar-refractivity contribution is 0.795. The standard InChI is InChI=1S/C10H8N4O3S/c1-13-3-4-6(11-9(13)16)5-7(18-4)12-10(17)14(2)8(5)15/h3H,1-2H3,(H,11,16). The summed E-state index contributed by atoms with van der Waals surface area (Å²) in [4.78, 5) is 41.8. The van der Waals surface area contributed by atoms with Gasteiger partial charge in [0, 0.05) is 20.3 Å². The van der Waals surface area contributed by atoms with E-state index in [1.807, 2.05) is 0 Å². The van der Waals surface area contributed by atoms with Gasteiger partial charge in [-0.2, -0.15) is 4.98 Å². The Hall–Kier alpha value is -2.22. The largest absolute Gasteiger partial charge is 0.351 e. The van der Waals surface area contributed by atoms with Gasteiger partial charge in [0.2, 0.25) is 0 Å². The fourth-order valence-corrected chi connectivity index (χ4v) is 2.86. The summed E-state index contributed by atoms with van der Waals surface area (Å²) in [7, 11) is 2.97. The molecular weight excluding hydrogens is 256 g/mol.